The van der Waals surface area contributed by atoms with Gasteiger partial charge in [0.05, 0.1) is 20.1 Å². The molecule has 1 amide bonds. The minimum atomic E-state index is -0.913. The van der Waals surface area contributed by atoms with E-state index in [1.165, 1.54) is 0 Å². The number of amidine groups is 1. The summed E-state index contributed by atoms with van der Waals surface area (Å²) in [6.45, 7) is 6.65. The zero-order valence-corrected chi connectivity index (χ0v) is 23.3. The Kier molecular flexibility index (Phi) is 9.26. The summed E-state index contributed by atoms with van der Waals surface area (Å²) in [4.78, 5) is 21.9. The molecular formula is C30H41FN4O3. The van der Waals surface area contributed by atoms with Gasteiger partial charge in [-0.05, 0) is 79.6 Å². The molecule has 1 saturated heterocycles. The van der Waals surface area contributed by atoms with Gasteiger partial charge >= 0.3 is 0 Å². The lowest BCUT2D eigenvalue weighted by Gasteiger charge is -2.41. The summed E-state index contributed by atoms with van der Waals surface area (Å²) in [6.07, 6.45) is 2.38. The fourth-order valence-electron chi connectivity index (χ4n) is 5.71. The molecule has 4 rings (SSSR count). The van der Waals surface area contributed by atoms with E-state index in [0.29, 0.717) is 43.1 Å². The summed E-state index contributed by atoms with van der Waals surface area (Å²) in [6, 6.07) is 11.9. The van der Waals surface area contributed by atoms with Gasteiger partial charge in [-0.1, -0.05) is 13.0 Å². The van der Waals surface area contributed by atoms with Crippen LogP contribution in [0.5, 0.6) is 11.5 Å². The highest BCUT2D eigenvalue weighted by molar-refractivity contribution is 5.94. The minimum Gasteiger partial charge on any atom is -0.497 e. The monoisotopic (exact) mass is 524 g/mol. The fraction of sp³-hybridized carbons (Fsp3) is 0.533. The number of rotatable bonds is 9. The van der Waals surface area contributed by atoms with Crippen LogP contribution < -0.4 is 14.8 Å². The van der Waals surface area contributed by atoms with Gasteiger partial charge in [0.2, 0.25) is 0 Å². The van der Waals surface area contributed by atoms with Gasteiger partial charge in [0.25, 0.3) is 5.91 Å². The minimum absolute atomic E-state index is 0.0519. The number of amides is 1. The quantitative estimate of drug-likeness (QED) is 0.460. The molecule has 2 heterocycles. The first kappa shape index (κ1) is 27.9. The molecule has 0 saturated carbocycles. The van der Waals surface area contributed by atoms with Crippen molar-refractivity contribution >= 4 is 11.7 Å². The van der Waals surface area contributed by atoms with Gasteiger partial charge in [-0.25, -0.2) is 4.39 Å². The molecule has 0 radical (unpaired) electrons. The number of likely N-dealkylation sites (N-methyl/N-ethyl adjacent to an activating group) is 1. The van der Waals surface area contributed by atoms with Crippen LogP contribution in [0.25, 0.3) is 0 Å². The number of hydrogen-bond acceptors (Lipinski definition) is 6. The molecule has 7 nitrogen and oxygen atoms in total. The number of piperidine rings is 1. The van der Waals surface area contributed by atoms with Gasteiger partial charge in [-0.2, -0.15) is 0 Å². The van der Waals surface area contributed by atoms with E-state index in [4.69, 9.17) is 9.47 Å². The highest BCUT2D eigenvalue weighted by Crippen LogP contribution is 2.37. The number of carbonyl (C=O) groups is 1. The Morgan fingerprint density at radius 3 is 2.47 bits per heavy atom. The van der Waals surface area contributed by atoms with Gasteiger partial charge in [0, 0.05) is 50.8 Å². The molecule has 2 aromatic rings. The van der Waals surface area contributed by atoms with Crippen molar-refractivity contribution in [2.75, 3.05) is 34.4 Å². The third-order valence-corrected chi connectivity index (χ3v) is 7.79. The molecule has 38 heavy (non-hydrogen) atoms. The molecule has 2 aliphatic heterocycles. The number of benzene rings is 2. The standard InChI is InChI=1S/C30H41FN4O3/c1-6-35-20(2)27(9-10-28(35)31)23-12-21(18-33-29-8-7-11-32-29)13-24(16-23)30(36)34(3)19-22-14-25(37-4)17-26(15-22)38-5/h12-17,20,27-28H,6-11,18-19H2,1-5H3,(H,32,33). The van der Waals surface area contributed by atoms with E-state index in [-0.39, 0.29) is 17.9 Å². The molecule has 1 N–H and O–H groups in total. The van der Waals surface area contributed by atoms with Crippen molar-refractivity contribution in [1.29, 1.82) is 0 Å². The molecule has 2 aromatic carbocycles. The number of methoxy groups -OCH3 is 2. The van der Waals surface area contributed by atoms with Crippen molar-refractivity contribution in [2.24, 2.45) is 4.99 Å². The summed E-state index contributed by atoms with van der Waals surface area (Å²) < 4.78 is 25.4. The Morgan fingerprint density at radius 1 is 1.11 bits per heavy atom. The van der Waals surface area contributed by atoms with Crippen LogP contribution in [-0.4, -0.2) is 68.2 Å². The molecule has 0 bridgehead atoms. The van der Waals surface area contributed by atoms with E-state index in [2.05, 4.69) is 23.3 Å². The predicted molar refractivity (Wildman–Crippen MR) is 149 cm³/mol. The smallest absolute Gasteiger partial charge is 0.253 e. The first-order chi connectivity index (χ1) is 18.3. The summed E-state index contributed by atoms with van der Waals surface area (Å²) in [5, 5.41) is 3.45. The first-order valence-corrected chi connectivity index (χ1v) is 13.6. The highest BCUT2D eigenvalue weighted by Gasteiger charge is 2.35. The maximum absolute atomic E-state index is 14.6. The number of hydrogen-bond donors (Lipinski definition) is 1. The number of likely N-dealkylation sites (tertiary alicyclic amines) is 1. The van der Waals surface area contributed by atoms with Crippen LogP contribution in [0.15, 0.2) is 41.4 Å². The third-order valence-electron chi connectivity index (χ3n) is 7.79. The number of nitrogens with one attached hydrogen (secondary N) is 1. The second kappa shape index (κ2) is 12.6. The number of nitrogens with zero attached hydrogens (tertiary/aromatic N) is 3. The van der Waals surface area contributed by atoms with Gasteiger partial charge in [-0.15, -0.1) is 0 Å². The van der Waals surface area contributed by atoms with E-state index < -0.39 is 6.30 Å². The summed E-state index contributed by atoms with van der Waals surface area (Å²) in [5.74, 6) is 2.49. The zero-order valence-electron chi connectivity index (χ0n) is 23.3. The average Bonchev–Trinajstić information content (AvgIpc) is 3.45. The molecule has 1 fully saturated rings. The van der Waals surface area contributed by atoms with Crippen LogP contribution in [-0.2, 0) is 13.1 Å². The second-order valence-electron chi connectivity index (χ2n) is 10.3. The van der Waals surface area contributed by atoms with Crippen molar-refractivity contribution in [3.8, 4) is 11.5 Å². The SMILES string of the molecule is CCN1C(F)CCC(c2cc(CNC3=NCCC3)cc(C(=O)N(C)Cc3cc(OC)cc(OC)c3)c2)C1C. The topological polar surface area (TPSA) is 66.4 Å². The number of halogens is 1. The predicted octanol–water partition coefficient (Wildman–Crippen LogP) is 5.14. The van der Waals surface area contributed by atoms with E-state index in [1.54, 1.807) is 19.1 Å². The van der Waals surface area contributed by atoms with E-state index in [1.807, 2.05) is 49.2 Å². The average molecular weight is 525 g/mol. The maximum atomic E-state index is 14.6. The fourth-order valence-corrected chi connectivity index (χ4v) is 5.71. The lowest BCUT2D eigenvalue weighted by Crippen LogP contribution is -2.46. The normalized spacial score (nSPS) is 21.6. The molecule has 0 aliphatic carbocycles. The second-order valence-corrected chi connectivity index (χ2v) is 10.3. The molecule has 0 spiro atoms. The van der Waals surface area contributed by atoms with Gasteiger partial charge in [0.15, 0.2) is 6.30 Å². The zero-order chi connectivity index (χ0) is 27.2. The number of alkyl halides is 1. The Labute approximate surface area is 226 Å². The van der Waals surface area contributed by atoms with Gasteiger partial charge < -0.3 is 19.7 Å². The van der Waals surface area contributed by atoms with Crippen LogP contribution in [0, 0.1) is 0 Å². The highest BCUT2D eigenvalue weighted by atomic mass is 19.1. The molecule has 0 aromatic heterocycles. The number of ether oxygens (including phenoxy) is 2. The lowest BCUT2D eigenvalue weighted by molar-refractivity contribution is 0.00186. The van der Waals surface area contributed by atoms with Crippen molar-refractivity contribution in [3.05, 3.63) is 58.7 Å². The van der Waals surface area contributed by atoms with Crippen molar-refractivity contribution in [2.45, 2.75) is 70.9 Å². The van der Waals surface area contributed by atoms with Crippen LogP contribution >= 0.6 is 0 Å². The van der Waals surface area contributed by atoms with Crippen LogP contribution in [0.3, 0.4) is 0 Å². The molecule has 8 heteroatoms. The molecule has 206 valence electrons. The van der Waals surface area contributed by atoms with Crippen molar-refractivity contribution in [1.82, 2.24) is 15.1 Å². The summed E-state index contributed by atoms with van der Waals surface area (Å²) in [5.41, 5.74) is 3.69. The van der Waals surface area contributed by atoms with Crippen LogP contribution in [0.2, 0.25) is 0 Å². The van der Waals surface area contributed by atoms with Gasteiger partial charge in [0.1, 0.15) is 11.5 Å². The molecule has 3 atom stereocenters. The first-order valence-electron chi connectivity index (χ1n) is 13.6. The number of aliphatic imine (C=N–C) groups is 1. The Bertz CT molecular complexity index is 1130. The summed E-state index contributed by atoms with van der Waals surface area (Å²) in [7, 11) is 5.03. The van der Waals surface area contributed by atoms with Crippen LogP contribution in [0.1, 0.15) is 72.5 Å². The third kappa shape index (κ3) is 6.46. The number of carbonyl (C=O) groups excluding carboxylic acids is 1. The van der Waals surface area contributed by atoms with E-state index in [0.717, 1.165) is 48.3 Å². The molecular weight excluding hydrogens is 483 g/mol. The Morgan fingerprint density at radius 2 is 1.84 bits per heavy atom. The van der Waals surface area contributed by atoms with Crippen LogP contribution in [0.4, 0.5) is 4.39 Å². The van der Waals surface area contributed by atoms with E-state index in [9.17, 15) is 9.18 Å². The van der Waals surface area contributed by atoms with Gasteiger partial charge in [-0.3, -0.25) is 14.7 Å². The van der Waals surface area contributed by atoms with Crippen molar-refractivity contribution < 1.29 is 18.7 Å². The largest absolute Gasteiger partial charge is 0.497 e. The van der Waals surface area contributed by atoms with Crippen molar-refractivity contribution in [3.63, 3.8) is 0 Å². The Balaban J connectivity index is 1.61. The van der Waals surface area contributed by atoms with E-state index >= 15 is 0 Å². The molecule has 3 unspecified atom stereocenters. The molecule has 2 aliphatic rings. The maximum Gasteiger partial charge on any atom is 0.253 e. The summed E-state index contributed by atoms with van der Waals surface area (Å²) >= 11 is 0. The lowest BCUT2D eigenvalue weighted by atomic mass is 9.82. The Hall–Kier alpha value is -3.13.